The normalized spacial score (nSPS) is 15.3. The monoisotopic (exact) mass is 416 g/mol. The van der Waals surface area contributed by atoms with Gasteiger partial charge in [-0.05, 0) is 37.5 Å². The topological polar surface area (TPSA) is 92.8 Å². The standard InChI is InChI=1S/C18H25ClN2O5S/c1-2-3-9-20-17(22)13-26-18(23)14-7-8-15(19)16(12-14)27(24,25)21-10-5-4-6-11-21/h7-8,12H,2-6,9-11,13H2,1H3,(H,20,22). The van der Waals surface area contributed by atoms with E-state index in [1.54, 1.807) is 0 Å². The zero-order valence-electron chi connectivity index (χ0n) is 15.4. The Hall–Kier alpha value is -1.64. The van der Waals surface area contributed by atoms with Crippen molar-refractivity contribution in [3.05, 3.63) is 28.8 Å². The summed E-state index contributed by atoms with van der Waals surface area (Å²) in [6.07, 6.45) is 4.37. The van der Waals surface area contributed by atoms with E-state index in [0.29, 0.717) is 19.6 Å². The fourth-order valence-electron chi connectivity index (χ4n) is 2.74. The molecule has 0 unspecified atom stereocenters. The van der Waals surface area contributed by atoms with Crippen LogP contribution in [0.5, 0.6) is 0 Å². The molecule has 0 radical (unpaired) electrons. The van der Waals surface area contributed by atoms with E-state index in [0.717, 1.165) is 32.1 Å². The van der Waals surface area contributed by atoms with Crippen LogP contribution in [0.15, 0.2) is 23.1 Å². The van der Waals surface area contributed by atoms with E-state index in [1.165, 1.54) is 22.5 Å². The number of esters is 1. The number of carbonyl (C=O) groups excluding carboxylic acids is 2. The molecule has 150 valence electrons. The maximum absolute atomic E-state index is 12.8. The highest BCUT2D eigenvalue weighted by Crippen LogP contribution is 2.28. The van der Waals surface area contributed by atoms with Crippen LogP contribution >= 0.6 is 11.6 Å². The van der Waals surface area contributed by atoms with Gasteiger partial charge in [-0.3, -0.25) is 4.79 Å². The molecule has 0 bridgehead atoms. The van der Waals surface area contributed by atoms with Gasteiger partial charge in [-0.2, -0.15) is 4.31 Å². The first kappa shape index (κ1) is 21.7. The summed E-state index contributed by atoms with van der Waals surface area (Å²) in [5.74, 6) is -1.17. The minimum absolute atomic E-state index is 0.0383. The SMILES string of the molecule is CCCCNC(=O)COC(=O)c1ccc(Cl)c(S(=O)(=O)N2CCCCC2)c1. The Morgan fingerprint density at radius 2 is 1.93 bits per heavy atom. The lowest BCUT2D eigenvalue weighted by Crippen LogP contribution is -2.35. The van der Waals surface area contributed by atoms with Crippen LogP contribution in [-0.2, 0) is 19.6 Å². The van der Waals surface area contributed by atoms with Crippen molar-refractivity contribution >= 4 is 33.5 Å². The van der Waals surface area contributed by atoms with Crippen molar-refractivity contribution in [2.24, 2.45) is 0 Å². The summed E-state index contributed by atoms with van der Waals surface area (Å²) in [5.41, 5.74) is 0.0383. The number of amides is 1. The van der Waals surface area contributed by atoms with Gasteiger partial charge in [-0.25, -0.2) is 13.2 Å². The minimum atomic E-state index is -3.78. The molecule has 0 spiro atoms. The molecule has 1 saturated heterocycles. The Kier molecular flexibility index (Phi) is 8.07. The summed E-state index contributed by atoms with van der Waals surface area (Å²) in [5, 5.41) is 2.69. The van der Waals surface area contributed by atoms with E-state index >= 15 is 0 Å². The number of carbonyl (C=O) groups is 2. The van der Waals surface area contributed by atoms with Crippen LogP contribution in [0, 0.1) is 0 Å². The molecule has 2 rings (SSSR count). The fraction of sp³-hybridized carbons (Fsp3) is 0.556. The van der Waals surface area contributed by atoms with Crippen LogP contribution in [-0.4, -0.2) is 50.8 Å². The summed E-state index contributed by atoms with van der Waals surface area (Å²) in [6, 6.07) is 3.95. The van der Waals surface area contributed by atoms with Crippen molar-refractivity contribution < 1.29 is 22.7 Å². The second-order valence-electron chi connectivity index (χ2n) is 6.39. The Bertz CT molecular complexity index is 776. The Morgan fingerprint density at radius 3 is 2.59 bits per heavy atom. The number of ether oxygens (including phenoxy) is 1. The fourth-order valence-corrected chi connectivity index (χ4v) is 4.76. The van der Waals surface area contributed by atoms with Gasteiger partial charge >= 0.3 is 5.97 Å². The van der Waals surface area contributed by atoms with Crippen LogP contribution in [0.1, 0.15) is 49.4 Å². The molecular weight excluding hydrogens is 392 g/mol. The van der Waals surface area contributed by atoms with Gasteiger partial charge in [0.15, 0.2) is 6.61 Å². The highest BCUT2D eigenvalue weighted by molar-refractivity contribution is 7.89. The molecule has 7 nitrogen and oxygen atoms in total. The van der Waals surface area contributed by atoms with E-state index in [2.05, 4.69) is 5.32 Å². The maximum Gasteiger partial charge on any atom is 0.338 e. The molecule has 1 fully saturated rings. The smallest absolute Gasteiger partial charge is 0.338 e. The number of nitrogens with one attached hydrogen (secondary N) is 1. The third-order valence-electron chi connectivity index (χ3n) is 4.29. The Labute approximate surface area is 165 Å². The highest BCUT2D eigenvalue weighted by atomic mass is 35.5. The second-order valence-corrected chi connectivity index (χ2v) is 8.70. The van der Waals surface area contributed by atoms with E-state index in [9.17, 15) is 18.0 Å². The number of halogens is 1. The van der Waals surface area contributed by atoms with Gasteiger partial charge in [0.25, 0.3) is 5.91 Å². The van der Waals surface area contributed by atoms with E-state index in [1.807, 2.05) is 6.92 Å². The molecule has 1 aromatic rings. The van der Waals surface area contributed by atoms with Crippen LogP contribution in [0.4, 0.5) is 0 Å². The molecule has 1 N–H and O–H groups in total. The van der Waals surface area contributed by atoms with Crippen molar-refractivity contribution in [3.8, 4) is 0 Å². The number of benzene rings is 1. The van der Waals surface area contributed by atoms with Crippen molar-refractivity contribution in [3.63, 3.8) is 0 Å². The lowest BCUT2D eigenvalue weighted by atomic mass is 10.2. The zero-order chi connectivity index (χ0) is 19.9. The predicted molar refractivity (Wildman–Crippen MR) is 102 cm³/mol. The lowest BCUT2D eigenvalue weighted by Gasteiger charge is -2.26. The molecule has 1 aliphatic heterocycles. The first-order chi connectivity index (χ1) is 12.9. The average Bonchev–Trinajstić information content (AvgIpc) is 2.67. The highest BCUT2D eigenvalue weighted by Gasteiger charge is 2.29. The number of hydrogen-bond donors (Lipinski definition) is 1. The molecule has 0 aromatic heterocycles. The van der Waals surface area contributed by atoms with E-state index < -0.39 is 28.5 Å². The molecule has 9 heteroatoms. The number of sulfonamides is 1. The van der Waals surface area contributed by atoms with E-state index in [-0.39, 0.29) is 15.5 Å². The summed E-state index contributed by atoms with van der Waals surface area (Å²) < 4.78 is 32.0. The van der Waals surface area contributed by atoms with Gasteiger partial charge in [0, 0.05) is 19.6 Å². The van der Waals surface area contributed by atoms with Crippen LogP contribution in [0.3, 0.4) is 0 Å². The maximum atomic E-state index is 12.8. The summed E-state index contributed by atoms with van der Waals surface area (Å²) in [6.45, 7) is 2.98. The van der Waals surface area contributed by atoms with Crippen molar-refractivity contribution in [2.45, 2.75) is 43.9 Å². The Balaban J connectivity index is 2.07. The first-order valence-electron chi connectivity index (χ1n) is 9.09. The number of unbranched alkanes of at least 4 members (excludes halogenated alkanes) is 1. The summed E-state index contributed by atoms with van der Waals surface area (Å²) in [7, 11) is -3.78. The number of nitrogens with zero attached hydrogens (tertiary/aromatic N) is 1. The largest absolute Gasteiger partial charge is 0.452 e. The summed E-state index contributed by atoms with van der Waals surface area (Å²) in [4.78, 5) is 23.7. The Morgan fingerprint density at radius 1 is 1.22 bits per heavy atom. The number of hydrogen-bond acceptors (Lipinski definition) is 5. The van der Waals surface area contributed by atoms with Crippen molar-refractivity contribution in [2.75, 3.05) is 26.2 Å². The van der Waals surface area contributed by atoms with Gasteiger partial charge in [0.1, 0.15) is 4.90 Å². The van der Waals surface area contributed by atoms with Crippen LogP contribution in [0.25, 0.3) is 0 Å². The average molecular weight is 417 g/mol. The molecule has 0 atom stereocenters. The molecule has 0 saturated carbocycles. The second kappa shape index (κ2) is 10.1. The van der Waals surface area contributed by atoms with Crippen LogP contribution in [0.2, 0.25) is 5.02 Å². The van der Waals surface area contributed by atoms with Crippen LogP contribution < -0.4 is 5.32 Å². The molecule has 1 aliphatic rings. The van der Waals surface area contributed by atoms with E-state index in [4.69, 9.17) is 16.3 Å². The quantitative estimate of drug-likeness (QED) is 0.519. The predicted octanol–water partition coefficient (Wildman–Crippen LogP) is 2.59. The number of rotatable bonds is 8. The molecular formula is C18H25ClN2O5S. The van der Waals surface area contributed by atoms with Gasteiger partial charge in [-0.1, -0.05) is 31.4 Å². The molecule has 0 aliphatic carbocycles. The van der Waals surface area contributed by atoms with Gasteiger partial charge in [0.2, 0.25) is 10.0 Å². The zero-order valence-corrected chi connectivity index (χ0v) is 16.9. The van der Waals surface area contributed by atoms with Crippen molar-refractivity contribution in [1.29, 1.82) is 0 Å². The molecule has 1 heterocycles. The van der Waals surface area contributed by atoms with Gasteiger partial charge in [0.05, 0.1) is 10.6 Å². The lowest BCUT2D eigenvalue weighted by molar-refractivity contribution is -0.124. The minimum Gasteiger partial charge on any atom is -0.452 e. The molecule has 1 amide bonds. The molecule has 27 heavy (non-hydrogen) atoms. The third-order valence-corrected chi connectivity index (χ3v) is 6.67. The summed E-state index contributed by atoms with van der Waals surface area (Å²) >= 11 is 6.08. The molecule has 1 aromatic carbocycles. The number of piperidine rings is 1. The van der Waals surface area contributed by atoms with Crippen molar-refractivity contribution in [1.82, 2.24) is 9.62 Å². The third kappa shape index (κ3) is 5.92. The first-order valence-corrected chi connectivity index (χ1v) is 10.9. The van der Waals surface area contributed by atoms with Gasteiger partial charge in [-0.15, -0.1) is 0 Å². The van der Waals surface area contributed by atoms with Gasteiger partial charge < -0.3 is 10.1 Å².